The Morgan fingerprint density at radius 2 is 2.00 bits per heavy atom. The van der Waals surface area contributed by atoms with E-state index in [1.807, 2.05) is 31.2 Å². The Labute approximate surface area is 158 Å². The summed E-state index contributed by atoms with van der Waals surface area (Å²) < 4.78 is 11.1. The van der Waals surface area contributed by atoms with Gasteiger partial charge in [0.25, 0.3) is 5.91 Å². The van der Waals surface area contributed by atoms with Crippen molar-refractivity contribution in [2.75, 3.05) is 32.8 Å². The van der Waals surface area contributed by atoms with Crippen LogP contribution in [0.25, 0.3) is 0 Å². The number of ether oxygens (including phenoxy) is 2. The van der Waals surface area contributed by atoms with Crippen molar-refractivity contribution < 1.29 is 19.2 Å². The molecule has 0 radical (unpaired) electrons. The first-order chi connectivity index (χ1) is 12.8. The molecule has 1 aliphatic rings. The predicted octanol–water partition coefficient (Wildman–Crippen LogP) is 2.06. The van der Waals surface area contributed by atoms with Crippen LogP contribution in [-0.4, -0.2) is 38.8 Å². The summed E-state index contributed by atoms with van der Waals surface area (Å²) in [5, 5.41) is 5.09. The van der Waals surface area contributed by atoms with Crippen LogP contribution in [0.3, 0.4) is 0 Å². The molecular formula is C20H27N2O3S+. The first-order valence-corrected chi connectivity index (χ1v) is 10.1. The fourth-order valence-electron chi connectivity index (χ4n) is 3.38. The smallest absolute Gasteiger partial charge is 0.275 e. The lowest BCUT2D eigenvalue weighted by Gasteiger charge is -2.20. The van der Waals surface area contributed by atoms with E-state index in [0.29, 0.717) is 32.3 Å². The highest BCUT2D eigenvalue weighted by molar-refractivity contribution is 7.10. The predicted molar refractivity (Wildman–Crippen MR) is 103 cm³/mol. The van der Waals surface area contributed by atoms with E-state index in [1.54, 1.807) is 11.3 Å². The number of benzene rings is 1. The zero-order valence-corrected chi connectivity index (χ0v) is 16.0. The zero-order chi connectivity index (χ0) is 18.2. The number of amides is 1. The molecule has 2 atom stereocenters. The normalized spacial score (nSPS) is 19.3. The molecule has 2 N–H and O–H groups in total. The molecule has 0 spiro atoms. The lowest BCUT2D eigenvalue weighted by molar-refractivity contribution is -0.910. The van der Waals surface area contributed by atoms with Gasteiger partial charge in [-0.15, -0.1) is 11.3 Å². The van der Waals surface area contributed by atoms with Crippen molar-refractivity contribution in [3.05, 3.63) is 46.7 Å². The third kappa shape index (κ3) is 5.22. The maximum atomic E-state index is 12.2. The highest BCUT2D eigenvalue weighted by Gasteiger charge is 2.32. The number of thiophene rings is 1. The summed E-state index contributed by atoms with van der Waals surface area (Å²) in [4.78, 5) is 15.0. The molecule has 1 aromatic carbocycles. The minimum atomic E-state index is 0.0961. The van der Waals surface area contributed by atoms with Gasteiger partial charge in [-0.3, -0.25) is 4.79 Å². The van der Waals surface area contributed by atoms with Gasteiger partial charge in [-0.2, -0.15) is 0 Å². The largest absolute Gasteiger partial charge is 0.494 e. The molecule has 2 heterocycles. The second-order valence-electron chi connectivity index (χ2n) is 6.40. The highest BCUT2D eigenvalue weighted by Crippen LogP contribution is 2.23. The number of rotatable bonds is 9. The lowest BCUT2D eigenvalue weighted by atomic mass is 10.2. The van der Waals surface area contributed by atoms with Crippen LogP contribution in [0.2, 0.25) is 0 Å². The number of quaternary nitrogens is 1. The highest BCUT2D eigenvalue weighted by atomic mass is 32.1. The SMILES string of the molecule is CCOc1ccc(OCCNC(=O)C[NH+]2CCC[C@H]2c2cccs2)cc1. The third-order valence-electron chi connectivity index (χ3n) is 4.59. The molecule has 140 valence electrons. The number of likely N-dealkylation sites (tertiary alicyclic amines) is 1. The Morgan fingerprint density at radius 3 is 2.69 bits per heavy atom. The Bertz CT molecular complexity index is 673. The molecule has 0 saturated carbocycles. The second-order valence-corrected chi connectivity index (χ2v) is 7.38. The molecule has 1 saturated heterocycles. The van der Waals surface area contributed by atoms with Crippen molar-refractivity contribution in [3.8, 4) is 11.5 Å². The van der Waals surface area contributed by atoms with E-state index in [0.717, 1.165) is 18.0 Å². The molecule has 26 heavy (non-hydrogen) atoms. The average molecular weight is 376 g/mol. The number of hydrogen-bond donors (Lipinski definition) is 2. The zero-order valence-electron chi connectivity index (χ0n) is 15.2. The molecule has 6 heteroatoms. The molecule has 3 rings (SSSR count). The van der Waals surface area contributed by atoms with E-state index < -0.39 is 0 Å². The average Bonchev–Trinajstić information content (AvgIpc) is 3.32. The summed E-state index contributed by atoms with van der Waals surface area (Å²) in [6, 6.07) is 12.3. The van der Waals surface area contributed by atoms with E-state index in [-0.39, 0.29) is 5.91 Å². The summed E-state index contributed by atoms with van der Waals surface area (Å²) in [7, 11) is 0. The number of carbonyl (C=O) groups excluding carboxylic acids is 1. The monoisotopic (exact) mass is 375 g/mol. The first kappa shape index (κ1) is 18.7. The van der Waals surface area contributed by atoms with Gasteiger partial charge in [0.2, 0.25) is 0 Å². The van der Waals surface area contributed by atoms with Gasteiger partial charge in [0.1, 0.15) is 24.1 Å². The molecule has 1 aromatic heterocycles. The number of hydrogen-bond acceptors (Lipinski definition) is 4. The molecule has 1 amide bonds. The standard InChI is InChI=1S/C20H26N2O3S/c1-2-24-16-7-9-17(10-8-16)25-13-11-21-20(23)15-22-12-3-5-18(22)19-6-4-14-26-19/h4,6-10,14,18H,2-3,5,11-13,15H2,1H3,(H,21,23)/p+1/t18-/m0/s1. The van der Waals surface area contributed by atoms with Crippen LogP contribution in [0.1, 0.15) is 30.7 Å². The minimum Gasteiger partial charge on any atom is -0.494 e. The van der Waals surface area contributed by atoms with Crippen LogP contribution in [0, 0.1) is 0 Å². The van der Waals surface area contributed by atoms with Gasteiger partial charge in [-0.05, 0) is 42.6 Å². The maximum Gasteiger partial charge on any atom is 0.275 e. The molecule has 5 nitrogen and oxygen atoms in total. The van der Waals surface area contributed by atoms with Gasteiger partial charge in [0, 0.05) is 12.8 Å². The summed E-state index contributed by atoms with van der Waals surface area (Å²) in [6.07, 6.45) is 2.36. The second kappa shape index (κ2) is 9.59. The first-order valence-electron chi connectivity index (χ1n) is 9.26. The fourth-order valence-corrected chi connectivity index (χ4v) is 4.30. The van der Waals surface area contributed by atoms with E-state index in [4.69, 9.17) is 9.47 Å². The Morgan fingerprint density at radius 1 is 1.23 bits per heavy atom. The molecule has 2 aromatic rings. The van der Waals surface area contributed by atoms with Crippen molar-refractivity contribution >= 4 is 17.2 Å². The molecule has 1 aliphatic heterocycles. The topological polar surface area (TPSA) is 52.0 Å². The van der Waals surface area contributed by atoms with Crippen LogP contribution >= 0.6 is 11.3 Å². The van der Waals surface area contributed by atoms with E-state index in [1.165, 1.54) is 22.6 Å². The Hall–Kier alpha value is -2.05. The van der Waals surface area contributed by atoms with E-state index >= 15 is 0 Å². The van der Waals surface area contributed by atoms with Crippen molar-refractivity contribution in [3.63, 3.8) is 0 Å². The van der Waals surface area contributed by atoms with Crippen molar-refractivity contribution in [2.45, 2.75) is 25.8 Å². The summed E-state index contributed by atoms with van der Waals surface area (Å²) >= 11 is 1.79. The summed E-state index contributed by atoms with van der Waals surface area (Å²) in [6.45, 7) is 5.19. The van der Waals surface area contributed by atoms with Crippen LogP contribution in [0.15, 0.2) is 41.8 Å². The molecule has 1 unspecified atom stereocenters. The van der Waals surface area contributed by atoms with Crippen LogP contribution < -0.4 is 19.7 Å². The van der Waals surface area contributed by atoms with E-state index in [2.05, 4.69) is 22.8 Å². The summed E-state index contributed by atoms with van der Waals surface area (Å²) in [5.41, 5.74) is 0. The van der Waals surface area contributed by atoms with Crippen LogP contribution in [0.5, 0.6) is 11.5 Å². The van der Waals surface area contributed by atoms with Gasteiger partial charge >= 0.3 is 0 Å². The number of nitrogens with one attached hydrogen (secondary N) is 2. The summed E-state index contributed by atoms with van der Waals surface area (Å²) in [5.74, 6) is 1.71. The van der Waals surface area contributed by atoms with Crippen LogP contribution in [0.4, 0.5) is 0 Å². The Kier molecular flexibility index (Phi) is 6.91. The van der Waals surface area contributed by atoms with Gasteiger partial charge in [0.05, 0.1) is 24.6 Å². The third-order valence-corrected chi connectivity index (χ3v) is 5.57. The number of carbonyl (C=O) groups is 1. The van der Waals surface area contributed by atoms with Crippen molar-refractivity contribution in [2.24, 2.45) is 0 Å². The van der Waals surface area contributed by atoms with Crippen LogP contribution in [-0.2, 0) is 4.79 Å². The van der Waals surface area contributed by atoms with Crippen molar-refractivity contribution in [1.82, 2.24) is 5.32 Å². The van der Waals surface area contributed by atoms with Crippen molar-refractivity contribution in [1.29, 1.82) is 0 Å². The lowest BCUT2D eigenvalue weighted by Crippen LogP contribution is -3.11. The fraction of sp³-hybridized carbons (Fsp3) is 0.450. The Balaban J connectivity index is 1.36. The molecule has 0 bridgehead atoms. The molecular weight excluding hydrogens is 348 g/mol. The van der Waals surface area contributed by atoms with Gasteiger partial charge in [0.15, 0.2) is 6.54 Å². The van der Waals surface area contributed by atoms with Gasteiger partial charge < -0.3 is 19.7 Å². The molecule has 1 fully saturated rings. The maximum absolute atomic E-state index is 12.2. The van der Waals surface area contributed by atoms with E-state index in [9.17, 15) is 4.79 Å². The minimum absolute atomic E-state index is 0.0961. The van der Waals surface area contributed by atoms with Gasteiger partial charge in [-0.25, -0.2) is 0 Å². The molecule has 0 aliphatic carbocycles. The van der Waals surface area contributed by atoms with Gasteiger partial charge in [-0.1, -0.05) is 6.07 Å². The quantitative estimate of drug-likeness (QED) is 0.660.